The maximum atomic E-state index is 13.0. The standard InChI is InChI=1S/C16H21F2N/c1-5-6-7-14-8-10-15(11-9-14)12(2)19-13(3)16(4,17)18/h8-11H,2,5-7H2,1,3-4H3/b19-13+. The van der Waals surface area contributed by atoms with E-state index in [0.29, 0.717) is 5.70 Å². The lowest BCUT2D eigenvalue weighted by Gasteiger charge is -2.10. The molecule has 0 spiro atoms. The Hall–Kier alpha value is -1.51. The maximum Gasteiger partial charge on any atom is 0.282 e. The molecular weight excluding hydrogens is 244 g/mol. The Bertz CT molecular complexity index is 453. The zero-order valence-corrected chi connectivity index (χ0v) is 11.8. The summed E-state index contributed by atoms with van der Waals surface area (Å²) >= 11 is 0. The molecule has 0 fully saturated rings. The second-order valence-electron chi connectivity index (χ2n) is 4.83. The minimum absolute atomic E-state index is 0.215. The fourth-order valence-electron chi connectivity index (χ4n) is 1.61. The number of unbranched alkanes of at least 4 members (excludes halogenated alkanes) is 1. The normalized spacial score (nSPS) is 12.6. The molecule has 1 aromatic rings. The fraction of sp³-hybridized carbons (Fsp3) is 0.438. The topological polar surface area (TPSA) is 12.4 Å². The largest absolute Gasteiger partial charge is 0.282 e. The first-order chi connectivity index (χ1) is 8.84. The lowest BCUT2D eigenvalue weighted by molar-refractivity contribution is 0.0999. The van der Waals surface area contributed by atoms with E-state index in [2.05, 4.69) is 18.5 Å². The van der Waals surface area contributed by atoms with Crippen LogP contribution in [0, 0.1) is 0 Å². The van der Waals surface area contributed by atoms with Gasteiger partial charge in [-0.2, -0.15) is 0 Å². The van der Waals surface area contributed by atoms with Crippen LogP contribution in [0.5, 0.6) is 0 Å². The highest BCUT2D eigenvalue weighted by Crippen LogP contribution is 2.20. The van der Waals surface area contributed by atoms with Gasteiger partial charge in [0.15, 0.2) is 0 Å². The molecule has 0 unspecified atom stereocenters. The predicted octanol–water partition coefficient (Wildman–Crippen LogP) is 5.12. The Labute approximate surface area is 114 Å². The summed E-state index contributed by atoms with van der Waals surface area (Å²) in [6, 6.07) is 7.78. The third-order valence-electron chi connectivity index (χ3n) is 3.04. The Morgan fingerprint density at radius 1 is 1.26 bits per heavy atom. The Kier molecular flexibility index (Phi) is 5.40. The molecule has 0 N–H and O–H groups in total. The predicted molar refractivity (Wildman–Crippen MR) is 77.8 cm³/mol. The van der Waals surface area contributed by atoms with Crippen molar-refractivity contribution in [3.05, 3.63) is 42.0 Å². The van der Waals surface area contributed by atoms with Gasteiger partial charge in [-0.15, -0.1) is 0 Å². The summed E-state index contributed by atoms with van der Waals surface area (Å²) in [5.74, 6) is -2.90. The average molecular weight is 265 g/mol. The Morgan fingerprint density at radius 2 is 1.84 bits per heavy atom. The zero-order chi connectivity index (χ0) is 14.5. The van der Waals surface area contributed by atoms with Gasteiger partial charge in [0.1, 0.15) is 0 Å². The first-order valence-corrected chi connectivity index (χ1v) is 6.56. The summed E-state index contributed by atoms with van der Waals surface area (Å²) in [6.07, 6.45) is 3.35. The zero-order valence-electron chi connectivity index (χ0n) is 11.8. The van der Waals surface area contributed by atoms with E-state index in [1.807, 2.05) is 24.3 Å². The van der Waals surface area contributed by atoms with Crippen LogP contribution >= 0.6 is 0 Å². The minimum atomic E-state index is -2.90. The second kappa shape index (κ2) is 6.60. The van der Waals surface area contributed by atoms with Crippen molar-refractivity contribution in [2.24, 2.45) is 4.99 Å². The number of aliphatic imine (C=N–C) groups is 1. The number of hydrogen-bond donors (Lipinski definition) is 0. The van der Waals surface area contributed by atoms with Crippen molar-refractivity contribution in [2.75, 3.05) is 0 Å². The molecule has 0 saturated heterocycles. The number of aryl methyl sites for hydroxylation is 1. The van der Waals surface area contributed by atoms with E-state index in [9.17, 15) is 8.78 Å². The SMILES string of the molecule is C=C(/N=C(\C)C(C)(F)F)c1ccc(CCCC)cc1. The third-order valence-corrected chi connectivity index (χ3v) is 3.04. The molecule has 0 atom stereocenters. The number of rotatable bonds is 6. The number of nitrogens with zero attached hydrogens (tertiary/aromatic N) is 1. The summed E-state index contributed by atoms with van der Waals surface area (Å²) in [4.78, 5) is 3.88. The first kappa shape index (κ1) is 15.5. The lowest BCUT2D eigenvalue weighted by Crippen LogP contribution is -2.21. The van der Waals surface area contributed by atoms with Crippen molar-refractivity contribution in [1.82, 2.24) is 0 Å². The molecule has 0 saturated carbocycles. The van der Waals surface area contributed by atoms with Crippen LogP contribution in [0.4, 0.5) is 8.78 Å². The van der Waals surface area contributed by atoms with E-state index >= 15 is 0 Å². The average Bonchev–Trinajstić information content (AvgIpc) is 2.35. The smallest absolute Gasteiger partial charge is 0.252 e. The monoisotopic (exact) mass is 265 g/mol. The van der Waals surface area contributed by atoms with Gasteiger partial charge in [0.05, 0.1) is 11.4 Å². The molecule has 0 radical (unpaired) electrons. The van der Waals surface area contributed by atoms with Crippen LogP contribution in [0.25, 0.3) is 5.70 Å². The number of hydrogen-bond acceptors (Lipinski definition) is 1. The van der Waals surface area contributed by atoms with Gasteiger partial charge in [0.2, 0.25) is 0 Å². The van der Waals surface area contributed by atoms with Gasteiger partial charge in [-0.25, -0.2) is 8.78 Å². The van der Waals surface area contributed by atoms with Crippen LogP contribution < -0.4 is 0 Å². The summed E-state index contributed by atoms with van der Waals surface area (Å²) in [5, 5.41) is 0. The number of benzene rings is 1. The van der Waals surface area contributed by atoms with Crippen LogP contribution in [0.15, 0.2) is 35.8 Å². The van der Waals surface area contributed by atoms with Crippen LogP contribution in [0.1, 0.15) is 44.7 Å². The molecule has 3 heteroatoms. The summed E-state index contributed by atoms with van der Waals surface area (Å²) < 4.78 is 26.0. The van der Waals surface area contributed by atoms with Gasteiger partial charge in [0, 0.05) is 6.92 Å². The maximum absolute atomic E-state index is 13.0. The van der Waals surface area contributed by atoms with E-state index < -0.39 is 5.92 Å². The molecule has 1 aromatic carbocycles. The van der Waals surface area contributed by atoms with Crippen LogP contribution in [0.3, 0.4) is 0 Å². The Morgan fingerprint density at radius 3 is 2.32 bits per heavy atom. The van der Waals surface area contributed by atoms with E-state index in [-0.39, 0.29) is 5.71 Å². The second-order valence-corrected chi connectivity index (χ2v) is 4.83. The van der Waals surface area contributed by atoms with E-state index in [1.165, 1.54) is 12.5 Å². The molecule has 0 aromatic heterocycles. The van der Waals surface area contributed by atoms with Gasteiger partial charge in [-0.05, 0) is 30.9 Å². The van der Waals surface area contributed by atoms with Crippen molar-refractivity contribution in [2.45, 2.75) is 46.0 Å². The summed E-state index contributed by atoms with van der Waals surface area (Å²) in [6.45, 7) is 8.06. The first-order valence-electron chi connectivity index (χ1n) is 6.56. The van der Waals surface area contributed by atoms with Gasteiger partial charge in [-0.1, -0.05) is 44.2 Å². The summed E-state index contributed by atoms with van der Waals surface area (Å²) in [5.41, 5.74) is 2.19. The molecule has 0 aliphatic heterocycles. The molecule has 0 bridgehead atoms. The van der Waals surface area contributed by atoms with E-state index in [1.54, 1.807) is 0 Å². The highest BCUT2D eigenvalue weighted by molar-refractivity contribution is 5.92. The molecular formula is C16H21F2N. The fourth-order valence-corrected chi connectivity index (χ4v) is 1.61. The molecule has 0 aliphatic rings. The molecule has 104 valence electrons. The van der Waals surface area contributed by atoms with Crippen LogP contribution in [-0.2, 0) is 6.42 Å². The van der Waals surface area contributed by atoms with Gasteiger partial charge in [-0.3, -0.25) is 4.99 Å². The van der Waals surface area contributed by atoms with Crippen LogP contribution in [0.2, 0.25) is 0 Å². The Balaban J connectivity index is 2.79. The molecule has 1 rings (SSSR count). The van der Waals surface area contributed by atoms with Gasteiger partial charge >= 0.3 is 0 Å². The molecule has 0 amide bonds. The lowest BCUT2D eigenvalue weighted by atomic mass is 10.1. The van der Waals surface area contributed by atoms with Crippen molar-refractivity contribution < 1.29 is 8.78 Å². The summed E-state index contributed by atoms with van der Waals surface area (Å²) in [7, 11) is 0. The van der Waals surface area contributed by atoms with Gasteiger partial charge < -0.3 is 0 Å². The van der Waals surface area contributed by atoms with Crippen molar-refractivity contribution in [3.8, 4) is 0 Å². The quantitative estimate of drug-likeness (QED) is 0.633. The van der Waals surface area contributed by atoms with Crippen molar-refractivity contribution in [1.29, 1.82) is 0 Å². The van der Waals surface area contributed by atoms with E-state index in [4.69, 9.17) is 0 Å². The highest BCUT2D eigenvalue weighted by Gasteiger charge is 2.25. The molecule has 1 nitrogen and oxygen atoms in total. The molecule has 0 heterocycles. The molecule has 0 aliphatic carbocycles. The number of alkyl halides is 2. The number of halogens is 2. The van der Waals surface area contributed by atoms with E-state index in [0.717, 1.165) is 31.7 Å². The van der Waals surface area contributed by atoms with Gasteiger partial charge in [0.25, 0.3) is 5.92 Å². The third kappa shape index (κ3) is 4.93. The minimum Gasteiger partial charge on any atom is -0.252 e. The highest BCUT2D eigenvalue weighted by atomic mass is 19.3. The van der Waals surface area contributed by atoms with Crippen molar-refractivity contribution in [3.63, 3.8) is 0 Å². The van der Waals surface area contributed by atoms with Crippen LogP contribution in [-0.4, -0.2) is 11.6 Å². The molecule has 19 heavy (non-hydrogen) atoms. The van der Waals surface area contributed by atoms with Crippen molar-refractivity contribution >= 4 is 11.4 Å².